The third-order valence-electron chi connectivity index (χ3n) is 6.35. The van der Waals surface area contributed by atoms with Gasteiger partial charge in [-0.05, 0) is 54.3 Å². The van der Waals surface area contributed by atoms with E-state index < -0.39 is 0 Å². The first kappa shape index (κ1) is 21.9. The molecular weight excluding hydrogens is 431 g/mol. The second-order valence-corrected chi connectivity index (χ2v) is 8.76. The molecule has 3 heterocycles. The van der Waals surface area contributed by atoms with Crippen LogP contribution in [0, 0.1) is 5.82 Å². The van der Waals surface area contributed by atoms with Gasteiger partial charge in [-0.25, -0.2) is 9.37 Å². The van der Waals surface area contributed by atoms with Crippen molar-refractivity contribution < 1.29 is 9.18 Å². The molecule has 4 aromatic rings. The van der Waals surface area contributed by atoms with Gasteiger partial charge >= 0.3 is 0 Å². The van der Waals surface area contributed by atoms with Crippen molar-refractivity contribution in [3.63, 3.8) is 0 Å². The SMILES string of the molecule is O=C(NC1CCCCC1)c1cc2cc(-c3ccc(F)cc3)cnc2n(Cc2cccnc2)c1=O. The Kier molecular flexibility index (Phi) is 6.16. The average Bonchev–Trinajstić information content (AvgIpc) is 2.87. The Bertz CT molecular complexity index is 1380. The lowest BCUT2D eigenvalue weighted by Crippen LogP contribution is -2.40. The van der Waals surface area contributed by atoms with Crippen molar-refractivity contribution in [1.29, 1.82) is 0 Å². The van der Waals surface area contributed by atoms with Crippen LogP contribution >= 0.6 is 0 Å². The summed E-state index contributed by atoms with van der Waals surface area (Å²) in [6.07, 6.45) is 10.2. The van der Waals surface area contributed by atoms with Crippen molar-refractivity contribution >= 4 is 16.9 Å². The van der Waals surface area contributed by atoms with Crippen LogP contribution in [0.5, 0.6) is 0 Å². The Labute approximate surface area is 196 Å². The molecule has 5 rings (SSSR count). The maximum Gasteiger partial charge on any atom is 0.265 e. The van der Waals surface area contributed by atoms with E-state index in [1.54, 1.807) is 36.8 Å². The van der Waals surface area contributed by atoms with Crippen LogP contribution in [0.15, 0.2) is 71.9 Å². The number of benzene rings is 1. The topological polar surface area (TPSA) is 76.9 Å². The second-order valence-electron chi connectivity index (χ2n) is 8.76. The van der Waals surface area contributed by atoms with Gasteiger partial charge in [0.2, 0.25) is 0 Å². The zero-order valence-electron chi connectivity index (χ0n) is 18.7. The Morgan fingerprint density at radius 3 is 2.56 bits per heavy atom. The average molecular weight is 457 g/mol. The van der Waals surface area contributed by atoms with E-state index in [0.29, 0.717) is 11.0 Å². The molecule has 0 bridgehead atoms. The molecule has 0 saturated heterocycles. The van der Waals surface area contributed by atoms with Gasteiger partial charge in [-0.2, -0.15) is 0 Å². The lowest BCUT2D eigenvalue weighted by atomic mass is 9.95. The summed E-state index contributed by atoms with van der Waals surface area (Å²) >= 11 is 0. The van der Waals surface area contributed by atoms with Crippen LogP contribution in [0.4, 0.5) is 4.39 Å². The molecule has 0 unspecified atom stereocenters. The van der Waals surface area contributed by atoms with Crippen molar-refractivity contribution in [3.8, 4) is 11.1 Å². The molecule has 1 saturated carbocycles. The summed E-state index contributed by atoms with van der Waals surface area (Å²) in [7, 11) is 0. The first-order valence-corrected chi connectivity index (χ1v) is 11.6. The van der Waals surface area contributed by atoms with Crippen molar-refractivity contribution in [2.45, 2.75) is 44.7 Å². The Balaban J connectivity index is 1.60. The summed E-state index contributed by atoms with van der Waals surface area (Å²) in [5.41, 5.74) is 2.60. The molecule has 1 amide bonds. The highest BCUT2D eigenvalue weighted by molar-refractivity contribution is 5.97. The molecule has 0 aliphatic heterocycles. The molecular formula is C27H25FN4O2. The van der Waals surface area contributed by atoms with E-state index in [0.717, 1.165) is 42.4 Å². The fraction of sp³-hybridized carbons (Fsp3) is 0.259. The van der Waals surface area contributed by atoms with E-state index in [-0.39, 0.29) is 35.4 Å². The molecule has 7 heteroatoms. The number of aromatic nitrogens is 3. The number of carbonyl (C=O) groups excluding carboxylic acids is 1. The summed E-state index contributed by atoms with van der Waals surface area (Å²) in [5.74, 6) is -0.671. The first-order valence-electron chi connectivity index (χ1n) is 11.6. The van der Waals surface area contributed by atoms with E-state index in [1.807, 2.05) is 18.2 Å². The highest BCUT2D eigenvalue weighted by atomic mass is 19.1. The Morgan fingerprint density at radius 2 is 1.82 bits per heavy atom. The van der Waals surface area contributed by atoms with Crippen LogP contribution in [-0.2, 0) is 6.54 Å². The van der Waals surface area contributed by atoms with E-state index in [2.05, 4.69) is 15.3 Å². The molecule has 0 atom stereocenters. The summed E-state index contributed by atoms with van der Waals surface area (Å²) in [5, 5.41) is 3.72. The normalized spacial score (nSPS) is 14.3. The molecule has 34 heavy (non-hydrogen) atoms. The quantitative estimate of drug-likeness (QED) is 0.472. The van der Waals surface area contributed by atoms with Crippen molar-refractivity contribution in [3.05, 3.63) is 94.4 Å². The fourth-order valence-corrected chi connectivity index (χ4v) is 4.56. The number of halogens is 1. The van der Waals surface area contributed by atoms with Crippen molar-refractivity contribution in [2.24, 2.45) is 0 Å². The van der Waals surface area contributed by atoms with Gasteiger partial charge in [-0.15, -0.1) is 0 Å². The smallest absolute Gasteiger partial charge is 0.265 e. The molecule has 0 radical (unpaired) electrons. The van der Waals surface area contributed by atoms with E-state index in [9.17, 15) is 14.0 Å². The van der Waals surface area contributed by atoms with Gasteiger partial charge in [-0.3, -0.25) is 19.1 Å². The Hall–Kier alpha value is -3.87. The van der Waals surface area contributed by atoms with Gasteiger partial charge in [0.25, 0.3) is 11.5 Å². The maximum atomic E-state index is 13.5. The first-order chi connectivity index (χ1) is 16.6. The number of nitrogens with zero attached hydrogens (tertiary/aromatic N) is 3. The third kappa shape index (κ3) is 4.59. The van der Waals surface area contributed by atoms with Crippen LogP contribution in [0.25, 0.3) is 22.2 Å². The highest BCUT2D eigenvalue weighted by Crippen LogP contribution is 2.24. The van der Waals surface area contributed by atoms with Gasteiger partial charge in [0, 0.05) is 35.6 Å². The van der Waals surface area contributed by atoms with Crippen molar-refractivity contribution in [2.75, 3.05) is 0 Å². The number of hydrogen-bond donors (Lipinski definition) is 1. The molecule has 6 nitrogen and oxygen atoms in total. The predicted molar refractivity (Wildman–Crippen MR) is 129 cm³/mol. The molecule has 0 spiro atoms. The highest BCUT2D eigenvalue weighted by Gasteiger charge is 2.21. The van der Waals surface area contributed by atoms with Gasteiger partial charge in [-0.1, -0.05) is 37.5 Å². The minimum absolute atomic E-state index is 0.0896. The molecule has 1 aliphatic carbocycles. The monoisotopic (exact) mass is 456 g/mol. The van der Waals surface area contributed by atoms with Crippen LogP contribution in [0.2, 0.25) is 0 Å². The van der Waals surface area contributed by atoms with Crippen LogP contribution in [-0.4, -0.2) is 26.5 Å². The van der Waals surface area contributed by atoms with Crippen LogP contribution in [0.3, 0.4) is 0 Å². The van der Waals surface area contributed by atoms with Gasteiger partial charge in [0.15, 0.2) is 0 Å². The molecule has 3 aromatic heterocycles. The second kappa shape index (κ2) is 9.55. The number of hydrogen-bond acceptors (Lipinski definition) is 4. The zero-order chi connectivity index (χ0) is 23.5. The number of pyridine rings is 3. The lowest BCUT2D eigenvalue weighted by Gasteiger charge is -2.23. The molecule has 1 aromatic carbocycles. The third-order valence-corrected chi connectivity index (χ3v) is 6.35. The molecule has 1 N–H and O–H groups in total. The molecule has 1 fully saturated rings. The summed E-state index contributed by atoms with van der Waals surface area (Å²) < 4.78 is 14.9. The molecule has 1 aliphatic rings. The predicted octanol–water partition coefficient (Wildman–Crippen LogP) is 4.71. The summed E-state index contributed by atoms with van der Waals surface area (Å²) in [6.45, 7) is 0.247. The minimum Gasteiger partial charge on any atom is -0.349 e. The van der Waals surface area contributed by atoms with Gasteiger partial charge in [0.1, 0.15) is 17.0 Å². The Morgan fingerprint density at radius 1 is 1.03 bits per heavy atom. The van der Waals surface area contributed by atoms with Gasteiger partial charge < -0.3 is 5.32 Å². The van der Waals surface area contributed by atoms with E-state index in [4.69, 9.17) is 0 Å². The summed E-state index contributed by atoms with van der Waals surface area (Å²) in [4.78, 5) is 35.3. The zero-order valence-corrected chi connectivity index (χ0v) is 18.7. The lowest BCUT2D eigenvalue weighted by molar-refractivity contribution is 0.0926. The number of rotatable bonds is 5. The van der Waals surface area contributed by atoms with Gasteiger partial charge in [0.05, 0.1) is 6.54 Å². The number of carbonyl (C=O) groups is 1. The molecule has 172 valence electrons. The van der Waals surface area contributed by atoms with E-state index in [1.165, 1.54) is 23.1 Å². The van der Waals surface area contributed by atoms with Crippen molar-refractivity contribution in [1.82, 2.24) is 19.9 Å². The standard InChI is InChI=1S/C27H25FN4O2/c28-22-10-8-19(9-11-22)21-13-20-14-24(26(33)31-23-6-2-1-3-7-23)27(34)32(25(20)30-16-21)17-18-5-4-12-29-15-18/h4-5,8-16,23H,1-3,6-7,17H2,(H,31,33). The maximum absolute atomic E-state index is 13.5. The fourth-order valence-electron chi connectivity index (χ4n) is 4.56. The number of nitrogens with one attached hydrogen (secondary N) is 1. The van der Waals surface area contributed by atoms with Crippen LogP contribution < -0.4 is 10.9 Å². The number of fused-ring (bicyclic) bond motifs is 1. The minimum atomic E-state index is -0.383. The van der Waals surface area contributed by atoms with Crippen LogP contribution in [0.1, 0.15) is 48.0 Å². The van der Waals surface area contributed by atoms with E-state index >= 15 is 0 Å². The largest absolute Gasteiger partial charge is 0.349 e. The number of amides is 1. The summed E-state index contributed by atoms with van der Waals surface area (Å²) in [6, 6.07) is 13.4.